The summed E-state index contributed by atoms with van der Waals surface area (Å²) in [5.74, 6) is -0.346. The molecule has 0 radical (unpaired) electrons. The molecule has 0 aromatic carbocycles. The fourth-order valence-corrected chi connectivity index (χ4v) is 3.53. The smallest absolute Gasteiger partial charge is 0.340 e. The lowest BCUT2D eigenvalue weighted by atomic mass is 9.86. The fourth-order valence-electron chi connectivity index (χ4n) is 3.53. The molecule has 3 atom stereocenters. The van der Waals surface area contributed by atoms with Crippen molar-refractivity contribution in [2.45, 2.75) is 58.6 Å². The zero-order valence-electron chi connectivity index (χ0n) is 15.8. The Hall–Kier alpha value is -2.44. The number of aromatic nitrogens is 3. The maximum Gasteiger partial charge on any atom is 0.340 e. The normalized spacial score (nSPS) is 21.4. The Kier molecular flexibility index (Phi) is 5.25. The van der Waals surface area contributed by atoms with E-state index in [4.69, 9.17) is 4.74 Å². The van der Waals surface area contributed by atoms with Gasteiger partial charge in [0.1, 0.15) is 0 Å². The first-order valence-corrected chi connectivity index (χ1v) is 9.17. The molecule has 26 heavy (non-hydrogen) atoms. The van der Waals surface area contributed by atoms with Crippen LogP contribution in [0, 0.1) is 12.8 Å². The van der Waals surface area contributed by atoms with E-state index in [-0.39, 0.29) is 11.9 Å². The third kappa shape index (κ3) is 3.71. The minimum absolute atomic E-state index is 0.161. The standard InChI is InChI=1S/C19H26N4O3/c1-11-7-5-6-8-16(11)21-18(24)13(3)26-19(25)14-9-15-12(2)22-23(4)17(15)20-10-14/h9-11,13,16H,5-8H2,1-4H3,(H,21,24). The van der Waals surface area contributed by atoms with Gasteiger partial charge in [-0.1, -0.05) is 19.8 Å². The minimum atomic E-state index is -0.845. The molecule has 1 amide bonds. The number of hydrogen-bond donors (Lipinski definition) is 1. The van der Waals surface area contributed by atoms with Gasteiger partial charge in [-0.2, -0.15) is 5.10 Å². The van der Waals surface area contributed by atoms with Crippen molar-refractivity contribution >= 4 is 22.9 Å². The van der Waals surface area contributed by atoms with Gasteiger partial charge < -0.3 is 10.1 Å². The molecule has 0 spiro atoms. The van der Waals surface area contributed by atoms with Crippen molar-refractivity contribution in [3.63, 3.8) is 0 Å². The number of carbonyl (C=O) groups is 2. The molecule has 2 heterocycles. The van der Waals surface area contributed by atoms with Gasteiger partial charge in [0.2, 0.25) is 0 Å². The van der Waals surface area contributed by atoms with E-state index in [1.807, 2.05) is 6.92 Å². The highest BCUT2D eigenvalue weighted by Crippen LogP contribution is 2.24. The number of nitrogens with zero attached hydrogens (tertiary/aromatic N) is 3. The van der Waals surface area contributed by atoms with Gasteiger partial charge in [0.25, 0.3) is 5.91 Å². The lowest BCUT2D eigenvalue weighted by Crippen LogP contribution is -2.46. The number of rotatable bonds is 4. The second kappa shape index (κ2) is 7.43. The van der Waals surface area contributed by atoms with Crippen LogP contribution in [0.2, 0.25) is 0 Å². The van der Waals surface area contributed by atoms with Gasteiger partial charge >= 0.3 is 5.97 Å². The van der Waals surface area contributed by atoms with Gasteiger partial charge in [0, 0.05) is 24.7 Å². The SMILES string of the molecule is Cc1nn(C)c2ncc(C(=O)OC(C)C(=O)NC3CCCCC3C)cc12. The molecule has 1 fully saturated rings. The number of nitrogens with one attached hydrogen (secondary N) is 1. The second-order valence-corrected chi connectivity index (χ2v) is 7.23. The number of fused-ring (bicyclic) bond motifs is 1. The van der Waals surface area contributed by atoms with E-state index < -0.39 is 12.1 Å². The molecule has 1 aliphatic rings. The molecular formula is C19H26N4O3. The monoisotopic (exact) mass is 358 g/mol. The van der Waals surface area contributed by atoms with Gasteiger partial charge in [0.15, 0.2) is 11.8 Å². The molecule has 3 rings (SSSR count). The summed E-state index contributed by atoms with van der Waals surface area (Å²) in [6, 6.07) is 1.87. The molecule has 140 valence electrons. The summed E-state index contributed by atoms with van der Waals surface area (Å²) >= 11 is 0. The molecule has 0 bridgehead atoms. The first-order valence-electron chi connectivity index (χ1n) is 9.17. The molecule has 0 saturated heterocycles. The average molecular weight is 358 g/mol. The van der Waals surface area contributed by atoms with Gasteiger partial charge in [-0.25, -0.2) is 9.78 Å². The molecule has 2 aromatic rings. The van der Waals surface area contributed by atoms with Crippen LogP contribution < -0.4 is 5.32 Å². The summed E-state index contributed by atoms with van der Waals surface area (Å²) in [5, 5.41) is 8.11. The van der Waals surface area contributed by atoms with Crippen LogP contribution in [0.1, 0.15) is 55.6 Å². The number of ether oxygens (including phenoxy) is 1. The number of carbonyl (C=O) groups excluding carboxylic acids is 2. The summed E-state index contributed by atoms with van der Waals surface area (Å²) in [6.07, 6.45) is 5.05. The number of aryl methyl sites for hydroxylation is 2. The lowest BCUT2D eigenvalue weighted by Gasteiger charge is -2.30. The molecule has 3 unspecified atom stereocenters. The molecule has 7 heteroatoms. The van der Waals surface area contributed by atoms with Crippen molar-refractivity contribution in [1.82, 2.24) is 20.1 Å². The van der Waals surface area contributed by atoms with Gasteiger partial charge in [-0.15, -0.1) is 0 Å². The van der Waals surface area contributed by atoms with Crippen LogP contribution in [0.3, 0.4) is 0 Å². The van der Waals surface area contributed by atoms with E-state index in [1.54, 1.807) is 24.7 Å². The van der Waals surface area contributed by atoms with E-state index in [0.717, 1.165) is 30.3 Å². The van der Waals surface area contributed by atoms with E-state index in [2.05, 4.69) is 22.3 Å². The number of hydrogen-bond acceptors (Lipinski definition) is 5. The molecule has 1 N–H and O–H groups in total. The average Bonchev–Trinajstić information content (AvgIpc) is 2.90. The Morgan fingerprint density at radius 1 is 1.35 bits per heavy atom. The second-order valence-electron chi connectivity index (χ2n) is 7.23. The van der Waals surface area contributed by atoms with E-state index in [9.17, 15) is 9.59 Å². The van der Waals surface area contributed by atoms with Crippen LogP contribution in [0.5, 0.6) is 0 Å². The summed E-state index contributed by atoms with van der Waals surface area (Å²) in [4.78, 5) is 29.1. The fraction of sp³-hybridized carbons (Fsp3) is 0.579. The van der Waals surface area contributed by atoms with Crippen molar-refractivity contribution in [3.05, 3.63) is 23.5 Å². The predicted molar refractivity (Wildman–Crippen MR) is 97.7 cm³/mol. The molecule has 2 aromatic heterocycles. The van der Waals surface area contributed by atoms with Crippen molar-refractivity contribution < 1.29 is 14.3 Å². The maximum absolute atomic E-state index is 12.4. The first kappa shape index (κ1) is 18.4. The Bertz CT molecular complexity index is 830. The Labute approximate surface area is 153 Å². The zero-order valence-corrected chi connectivity index (χ0v) is 15.8. The quantitative estimate of drug-likeness (QED) is 0.849. The van der Waals surface area contributed by atoms with Gasteiger partial charge in [-0.3, -0.25) is 9.48 Å². The molecule has 0 aliphatic heterocycles. The molecular weight excluding hydrogens is 332 g/mol. The Morgan fingerprint density at radius 3 is 2.81 bits per heavy atom. The van der Waals surface area contributed by atoms with Gasteiger partial charge in [0.05, 0.1) is 11.3 Å². The van der Waals surface area contributed by atoms with Gasteiger partial charge in [-0.05, 0) is 38.7 Å². The van der Waals surface area contributed by atoms with Crippen molar-refractivity contribution in [1.29, 1.82) is 0 Å². The Balaban J connectivity index is 1.65. The van der Waals surface area contributed by atoms with Crippen LogP contribution in [-0.4, -0.2) is 38.8 Å². The van der Waals surface area contributed by atoms with Crippen LogP contribution in [-0.2, 0) is 16.6 Å². The summed E-state index contributed by atoms with van der Waals surface area (Å²) in [7, 11) is 1.80. The highest BCUT2D eigenvalue weighted by Gasteiger charge is 2.26. The summed E-state index contributed by atoms with van der Waals surface area (Å²) in [6.45, 7) is 5.61. The highest BCUT2D eigenvalue weighted by molar-refractivity contribution is 5.95. The van der Waals surface area contributed by atoms with Crippen molar-refractivity contribution in [2.75, 3.05) is 0 Å². The summed E-state index contributed by atoms with van der Waals surface area (Å²) < 4.78 is 7.02. The van der Waals surface area contributed by atoms with E-state index in [1.165, 1.54) is 12.6 Å². The summed E-state index contributed by atoms with van der Waals surface area (Å²) in [5.41, 5.74) is 1.82. The maximum atomic E-state index is 12.4. The van der Waals surface area contributed by atoms with E-state index >= 15 is 0 Å². The zero-order chi connectivity index (χ0) is 18.8. The molecule has 1 aliphatic carbocycles. The third-order valence-electron chi connectivity index (χ3n) is 5.19. The molecule has 7 nitrogen and oxygen atoms in total. The van der Waals surface area contributed by atoms with Crippen molar-refractivity contribution in [2.24, 2.45) is 13.0 Å². The van der Waals surface area contributed by atoms with Crippen LogP contribution >= 0.6 is 0 Å². The minimum Gasteiger partial charge on any atom is -0.449 e. The van der Waals surface area contributed by atoms with Crippen molar-refractivity contribution in [3.8, 4) is 0 Å². The number of amides is 1. The van der Waals surface area contributed by atoms with Crippen LogP contribution in [0.4, 0.5) is 0 Å². The predicted octanol–water partition coefficient (Wildman–Crippen LogP) is 2.52. The first-order chi connectivity index (χ1) is 12.4. The molecule has 1 saturated carbocycles. The van der Waals surface area contributed by atoms with E-state index in [0.29, 0.717) is 17.1 Å². The topological polar surface area (TPSA) is 86.1 Å². The highest BCUT2D eigenvalue weighted by atomic mass is 16.5. The van der Waals surface area contributed by atoms with Crippen LogP contribution in [0.15, 0.2) is 12.3 Å². The Morgan fingerprint density at radius 2 is 2.08 bits per heavy atom. The van der Waals surface area contributed by atoms with Crippen LogP contribution in [0.25, 0.3) is 11.0 Å². The third-order valence-corrected chi connectivity index (χ3v) is 5.19. The number of esters is 1. The largest absolute Gasteiger partial charge is 0.449 e. The number of pyridine rings is 1. The lowest BCUT2D eigenvalue weighted by molar-refractivity contribution is -0.130.